The van der Waals surface area contributed by atoms with Crippen LogP contribution in [0.1, 0.15) is 40.4 Å². The largest absolute Gasteiger partial charge is 0.496 e. The van der Waals surface area contributed by atoms with Gasteiger partial charge < -0.3 is 20.5 Å². The summed E-state index contributed by atoms with van der Waals surface area (Å²) in [7, 11) is 3.07. The van der Waals surface area contributed by atoms with Gasteiger partial charge in [0.15, 0.2) is 0 Å². The average Bonchev–Trinajstić information content (AvgIpc) is 2.91. The Bertz CT molecular complexity index is 494. The Labute approximate surface area is 113 Å². The van der Waals surface area contributed by atoms with Gasteiger partial charge in [0.1, 0.15) is 17.1 Å². The number of carbonyl (C=O) groups excluding carboxylic acids is 1. The topological polar surface area (TPSA) is 73.6 Å². The first-order valence-electron chi connectivity index (χ1n) is 6.38. The molecule has 1 heterocycles. The highest BCUT2D eigenvalue weighted by Gasteiger charge is 2.26. The fourth-order valence-electron chi connectivity index (χ4n) is 2.71. The molecular weight excluding hydrogens is 244 g/mol. The van der Waals surface area contributed by atoms with E-state index < -0.39 is 5.91 Å². The van der Waals surface area contributed by atoms with E-state index in [9.17, 15) is 4.79 Å². The third-order valence-electron chi connectivity index (χ3n) is 3.64. The van der Waals surface area contributed by atoms with Gasteiger partial charge >= 0.3 is 0 Å². The maximum atomic E-state index is 11.6. The molecule has 1 aliphatic heterocycles. The first kappa shape index (κ1) is 13.7. The number of ether oxygens (including phenoxy) is 2. The van der Waals surface area contributed by atoms with E-state index in [-0.39, 0.29) is 6.04 Å². The molecule has 0 aliphatic carbocycles. The second-order valence-electron chi connectivity index (χ2n) is 4.71. The van der Waals surface area contributed by atoms with Crippen LogP contribution in [0.15, 0.2) is 6.07 Å². The number of hydrogen-bond donors (Lipinski definition) is 2. The maximum Gasteiger partial charge on any atom is 0.256 e. The highest BCUT2D eigenvalue weighted by atomic mass is 16.5. The standard InChI is InChI=1S/C14H20N2O3/c1-8-9(10-5-4-6-16-10)7-11(18-2)12(14(15)17)13(8)19-3/h7,10,16H,4-6H2,1-3H3,(H2,15,17). The molecule has 0 spiro atoms. The molecule has 19 heavy (non-hydrogen) atoms. The van der Waals surface area contributed by atoms with Gasteiger partial charge in [-0.05, 0) is 43.5 Å². The molecule has 104 valence electrons. The van der Waals surface area contributed by atoms with Crippen LogP contribution in [0.3, 0.4) is 0 Å². The smallest absolute Gasteiger partial charge is 0.256 e. The number of hydrogen-bond acceptors (Lipinski definition) is 4. The van der Waals surface area contributed by atoms with Crippen molar-refractivity contribution in [1.29, 1.82) is 0 Å². The SMILES string of the molecule is COc1cc(C2CCCN2)c(C)c(OC)c1C(N)=O. The molecule has 5 heteroatoms. The number of rotatable bonds is 4. The Morgan fingerprint density at radius 2 is 2.16 bits per heavy atom. The van der Waals surface area contributed by atoms with Gasteiger partial charge in [0.25, 0.3) is 5.91 Å². The van der Waals surface area contributed by atoms with E-state index in [0.717, 1.165) is 30.5 Å². The highest BCUT2D eigenvalue weighted by molar-refractivity contribution is 5.99. The van der Waals surface area contributed by atoms with Crippen LogP contribution in [0.2, 0.25) is 0 Å². The van der Waals surface area contributed by atoms with Gasteiger partial charge in [-0.2, -0.15) is 0 Å². The van der Waals surface area contributed by atoms with Crippen molar-refractivity contribution in [3.63, 3.8) is 0 Å². The van der Waals surface area contributed by atoms with Crippen LogP contribution in [-0.2, 0) is 0 Å². The third-order valence-corrected chi connectivity index (χ3v) is 3.64. The van der Waals surface area contributed by atoms with Gasteiger partial charge in [-0.25, -0.2) is 0 Å². The molecule has 5 nitrogen and oxygen atoms in total. The number of methoxy groups -OCH3 is 2. The summed E-state index contributed by atoms with van der Waals surface area (Å²) in [4.78, 5) is 11.6. The van der Waals surface area contributed by atoms with Crippen LogP contribution < -0.4 is 20.5 Å². The first-order chi connectivity index (χ1) is 9.10. The number of amides is 1. The van der Waals surface area contributed by atoms with Gasteiger partial charge in [0.2, 0.25) is 0 Å². The Morgan fingerprint density at radius 3 is 2.63 bits per heavy atom. The van der Waals surface area contributed by atoms with Gasteiger partial charge in [-0.15, -0.1) is 0 Å². The molecule has 1 aromatic rings. The second-order valence-corrected chi connectivity index (χ2v) is 4.71. The minimum absolute atomic E-state index is 0.282. The second kappa shape index (κ2) is 5.48. The van der Waals surface area contributed by atoms with Crippen molar-refractivity contribution >= 4 is 5.91 Å². The molecule has 1 amide bonds. The predicted octanol–water partition coefficient (Wildman–Crippen LogP) is 1.54. The van der Waals surface area contributed by atoms with E-state index in [1.807, 2.05) is 13.0 Å². The summed E-state index contributed by atoms with van der Waals surface area (Å²) in [6.45, 7) is 2.95. The van der Waals surface area contributed by atoms with E-state index in [2.05, 4.69) is 5.32 Å². The Morgan fingerprint density at radius 1 is 1.42 bits per heavy atom. The Hall–Kier alpha value is -1.75. The number of carbonyl (C=O) groups is 1. The van der Waals surface area contributed by atoms with Crippen LogP contribution in [0.25, 0.3) is 0 Å². The third kappa shape index (κ3) is 2.38. The monoisotopic (exact) mass is 264 g/mol. The van der Waals surface area contributed by atoms with Gasteiger partial charge in [0.05, 0.1) is 14.2 Å². The molecule has 0 aromatic heterocycles. The van der Waals surface area contributed by atoms with Gasteiger partial charge in [0, 0.05) is 6.04 Å². The molecule has 0 saturated carbocycles. The zero-order chi connectivity index (χ0) is 14.0. The zero-order valence-electron chi connectivity index (χ0n) is 11.6. The van der Waals surface area contributed by atoms with Crippen molar-refractivity contribution in [1.82, 2.24) is 5.32 Å². The van der Waals surface area contributed by atoms with E-state index >= 15 is 0 Å². The van der Waals surface area contributed by atoms with Crippen molar-refractivity contribution in [2.75, 3.05) is 20.8 Å². The minimum atomic E-state index is -0.539. The Balaban J connectivity index is 2.60. The molecule has 2 rings (SSSR count). The zero-order valence-corrected chi connectivity index (χ0v) is 11.6. The summed E-state index contributed by atoms with van der Waals surface area (Å²) in [6, 6.07) is 2.17. The van der Waals surface area contributed by atoms with Crippen LogP contribution in [0.4, 0.5) is 0 Å². The molecule has 3 N–H and O–H groups in total. The number of nitrogens with two attached hydrogens (primary N) is 1. The number of nitrogens with one attached hydrogen (secondary N) is 1. The molecule has 1 aromatic carbocycles. The molecule has 1 unspecified atom stereocenters. The molecule has 1 saturated heterocycles. The van der Waals surface area contributed by atoms with E-state index in [0.29, 0.717) is 17.1 Å². The van der Waals surface area contributed by atoms with Gasteiger partial charge in [-0.3, -0.25) is 4.79 Å². The molecule has 1 fully saturated rings. The van der Waals surface area contributed by atoms with Crippen molar-refractivity contribution < 1.29 is 14.3 Å². The van der Waals surface area contributed by atoms with Crippen LogP contribution in [0.5, 0.6) is 11.5 Å². The fourth-order valence-corrected chi connectivity index (χ4v) is 2.71. The average molecular weight is 264 g/mol. The predicted molar refractivity (Wildman–Crippen MR) is 72.8 cm³/mol. The van der Waals surface area contributed by atoms with Gasteiger partial charge in [-0.1, -0.05) is 0 Å². The van der Waals surface area contributed by atoms with Crippen molar-refractivity contribution in [3.05, 3.63) is 22.8 Å². The summed E-state index contributed by atoms with van der Waals surface area (Å²) in [5.74, 6) is 0.442. The summed E-state index contributed by atoms with van der Waals surface area (Å²) >= 11 is 0. The summed E-state index contributed by atoms with van der Waals surface area (Å²) in [6.07, 6.45) is 2.22. The van der Waals surface area contributed by atoms with Crippen molar-refractivity contribution in [2.24, 2.45) is 5.73 Å². The number of primary amides is 1. The molecule has 1 atom stereocenters. The molecule has 0 bridgehead atoms. The normalized spacial score (nSPS) is 18.4. The van der Waals surface area contributed by atoms with E-state index in [1.54, 1.807) is 7.11 Å². The highest BCUT2D eigenvalue weighted by Crippen LogP contribution is 2.38. The number of benzene rings is 1. The lowest BCUT2D eigenvalue weighted by molar-refractivity contribution is 0.0994. The lowest BCUT2D eigenvalue weighted by Crippen LogP contribution is -2.18. The molecular formula is C14H20N2O3. The summed E-state index contributed by atoms with van der Waals surface area (Å²) in [5.41, 5.74) is 7.78. The quantitative estimate of drug-likeness (QED) is 0.865. The van der Waals surface area contributed by atoms with Crippen LogP contribution >= 0.6 is 0 Å². The lowest BCUT2D eigenvalue weighted by Gasteiger charge is -2.20. The summed E-state index contributed by atoms with van der Waals surface area (Å²) in [5, 5.41) is 3.44. The minimum Gasteiger partial charge on any atom is -0.496 e. The van der Waals surface area contributed by atoms with Crippen molar-refractivity contribution in [2.45, 2.75) is 25.8 Å². The lowest BCUT2D eigenvalue weighted by atomic mass is 9.95. The van der Waals surface area contributed by atoms with Crippen molar-refractivity contribution in [3.8, 4) is 11.5 Å². The fraction of sp³-hybridized carbons (Fsp3) is 0.500. The van der Waals surface area contributed by atoms with E-state index in [4.69, 9.17) is 15.2 Å². The summed E-state index contributed by atoms with van der Waals surface area (Å²) < 4.78 is 10.7. The van der Waals surface area contributed by atoms with E-state index in [1.165, 1.54) is 7.11 Å². The molecule has 0 radical (unpaired) electrons. The maximum absolute atomic E-state index is 11.6. The van der Waals surface area contributed by atoms with Crippen LogP contribution in [0, 0.1) is 6.92 Å². The first-order valence-corrected chi connectivity index (χ1v) is 6.38. The Kier molecular flexibility index (Phi) is 3.95. The molecule has 1 aliphatic rings. The van der Waals surface area contributed by atoms with Crippen LogP contribution in [-0.4, -0.2) is 26.7 Å².